The van der Waals surface area contributed by atoms with Crippen LogP contribution in [-0.2, 0) is 13.6 Å². The van der Waals surface area contributed by atoms with Crippen molar-refractivity contribution in [1.82, 2.24) is 35.3 Å². The molecule has 1 N–H and O–H groups in total. The van der Waals surface area contributed by atoms with Gasteiger partial charge in [0.25, 0.3) is 0 Å². The molecule has 0 spiro atoms. The van der Waals surface area contributed by atoms with Gasteiger partial charge in [-0.05, 0) is 49.0 Å². The molecule has 0 amide bonds. The maximum Gasteiger partial charge on any atom is 0.215 e. The van der Waals surface area contributed by atoms with Crippen molar-refractivity contribution in [2.75, 3.05) is 7.05 Å². The topological polar surface area (TPSA) is 73.5 Å². The third-order valence-electron chi connectivity index (χ3n) is 3.96. The van der Waals surface area contributed by atoms with Gasteiger partial charge in [0.15, 0.2) is 0 Å². The smallest absolute Gasteiger partial charge is 0.215 e. The Labute approximate surface area is 128 Å². The van der Waals surface area contributed by atoms with Crippen LogP contribution < -0.4 is 5.32 Å². The molecule has 1 aliphatic carbocycles. The largest absolute Gasteiger partial charge is 0.316 e. The summed E-state index contributed by atoms with van der Waals surface area (Å²) in [4.78, 5) is 0. The van der Waals surface area contributed by atoms with E-state index in [0.717, 1.165) is 22.4 Å². The van der Waals surface area contributed by atoms with E-state index in [1.165, 1.54) is 31.2 Å². The third-order valence-corrected chi connectivity index (χ3v) is 5.12. The molecule has 2 aromatic heterocycles. The van der Waals surface area contributed by atoms with Gasteiger partial charge in [0, 0.05) is 19.2 Å². The molecule has 0 saturated heterocycles. The van der Waals surface area contributed by atoms with Crippen molar-refractivity contribution in [3.8, 4) is 0 Å². The number of hydrogen-bond acceptors (Lipinski definition) is 6. The summed E-state index contributed by atoms with van der Waals surface area (Å²) in [5.41, 5.74) is 2.26. The number of nitrogens with zero attached hydrogens (tertiary/aromatic N) is 6. The Balaban J connectivity index is 1.89. The lowest BCUT2D eigenvalue weighted by Crippen LogP contribution is -2.10. The Morgan fingerprint density at radius 2 is 2.10 bits per heavy atom. The fraction of sp³-hybridized carbons (Fsp3) is 0.692. The molecule has 0 radical (unpaired) electrons. The average Bonchev–Trinajstić information content (AvgIpc) is 3.16. The Morgan fingerprint density at radius 1 is 1.33 bits per heavy atom. The zero-order chi connectivity index (χ0) is 14.8. The minimum Gasteiger partial charge on any atom is -0.316 e. The summed E-state index contributed by atoms with van der Waals surface area (Å²) in [6.45, 7) is 2.84. The first kappa shape index (κ1) is 14.5. The Kier molecular flexibility index (Phi) is 4.25. The monoisotopic (exact) mass is 307 g/mol. The van der Waals surface area contributed by atoms with Crippen molar-refractivity contribution in [2.24, 2.45) is 7.05 Å². The van der Waals surface area contributed by atoms with Crippen LogP contribution in [0.4, 0.5) is 0 Å². The first-order valence-corrected chi connectivity index (χ1v) is 8.15. The fourth-order valence-corrected chi connectivity index (χ4v) is 3.95. The molecular weight excluding hydrogens is 286 g/mol. The predicted octanol–water partition coefficient (Wildman–Crippen LogP) is 1.70. The molecule has 0 atom stereocenters. The summed E-state index contributed by atoms with van der Waals surface area (Å²) in [6, 6.07) is 0.449. The highest BCUT2D eigenvalue weighted by Gasteiger charge is 2.24. The third kappa shape index (κ3) is 2.82. The van der Waals surface area contributed by atoms with E-state index in [4.69, 9.17) is 0 Å². The molecule has 3 rings (SSSR count). The highest BCUT2D eigenvalue weighted by molar-refractivity contribution is 7.99. The molecule has 0 aromatic carbocycles. The van der Waals surface area contributed by atoms with E-state index in [1.54, 1.807) is 11.8 Å². The van der Waals surface area contributed by atoms with E-state index in [0.29, 0.717) is 6.04 Å². The average molecular weight is 307 g/mol. The lowest BCUT2D eigenvalue weighted by molar-refractivity contribution is 0.422. The van der Waals surface area contributed by atoms with Gasteiger partial charge >= 0.3 is 0 Å². The second kappa shape index (κ2) is 6.15. The van der Waals surface area contributed by atoms with Crippen LogP contribution in [0.1, 0.15) is 43.0 Å². The van der Waals surface area contributed by atoms with Crippen LogP contribution in [0, 0.1) is 6.92 Å². The van der Waals surface area contributed by atoms with Crippen LogP contribution in [0.2, 0.25) is 0 Å². The molecule has 0 aliphatic heterocycles. The first-order chi connectivity index (χ1) is 10.2. The number of aromatic nitrogens is 6. The molecule has 21 heavy (non-hydrogen) atoms. The van der Waals surface area contributed by atoms with Gasteiger partial charge in [-0.25, -0.2) is 4.68 Å². The van der Waals surface area contributed by atoms with Crippen molar-refractivity contribution in [3.63, 3.8) is 0 Å². The lowest BCUT2D eigenvalue weighted by Gasteiger charge is -2.11. The van der Waals surface area contributed by atoms with Gasteiger partial charge in [0.05, 0.1) is 11.7 Å². The van der Waals surface area contributed by atoms with Crippen LogP contribution in [0.3, 0.4) is 0 Å². The summed E-state index contributed by atoms with van der Waals surface area (Å²) in [6.07, 6.45) is 4.88. The molecular formula is C13H21N7S. The molecule has 2 aromatic rings. The van der Waals surface area contributed by atoms with Crippen molar-refractivity contribution < 1.29 is 0 Å². The minimum atomic E-state index is 0.449. The number of nitrogens with one attached hydrogen (secondary N) is 1. The predicted molar refractivity (Wildman–Crippen MR) is 80.2 cm³/mol. The highest BCUT2D eigenvalue weighted by atomic mass is 32.2. The lowest BCUT2D eigenvalue weighted by atomic mass is 10.3. The Bertz CT molecular complexity index is 612. The van der Waals surface area contributed by atoms with Gasteiger partial charge in [0.2, 0.25) is 5.16 Å². The van der Waals surface area contributed by atoms with Crippen molar-refractivity contribution in [2.45, 2.75) is 55.4 Å². The minimum absolute atomic E-state index is 0.449. The zero-order valence-electron chi connectivity index (χ0n) is 12.7. The molecule has 0 unspecified atom stereocenters. The summed E-state index contributed by atoms with van der Waals surface area (Å²) < 4.78 is 3.91. The number of tetrazole rings is 1. The molecule has 1 saturated carbocycles. The summed E-state index contributed by atoms with van der Waals surface area (Å²) in [5, 5.41) is 22.0. The maximum absolute atomic E-state index is 4.52. The van der Waals surface area contributed by atoms with E-state index >= 15 is 0 Å². The Hall–Kier alpha value is -1.41. The van der Waals surface area contributed by atoms with Gasteiger partial charge in [0.1, 0.15) is 5.03 Å². The molecule has 1 aliphatic rings. The van der Waals surface area contributed by atoms with Gasteiger partial charge in [-0.15, -0.1) is 5.10 Å². The zero-order valence-corrected chi connectivity index (χ0v) is 13.5. The van der Waals surface area contributed by atoms with E-state index in [2.05, 4.69) is 25.9 Å². The van der Waals surface area contributed by atoms with Crippen LogP contribution in [0.25, 0.3) is 0 Å². The van der Waals surface area contributed by atoms with E-state index in [9.17, 15) is 0 Å². The molecule has 8 heteroatoms. The number of hydrogen-bond donors (Lipinski definition) is 1. The van der Waals surface area contributed by atoms with Gasteiger partial charge in [-0.2, -0.15) is 5.10 Å². The summed E-state index contributed by atoms with van der Waals surface area (Å²) in [5.74, 6) is 0. The molecule has 0 bridgehead atoms. The van der Waals surface area contributed by atoms with Crippen LogP contribution >= 0.6 is 11.8 Å². The van der Waals surface area contributed by atoms with Crippen LogP contribution in [0.15, 0.2) is 10.2 Å². The molecule has 1 fully saturated rings. The highest BCUT2D eigenvalue weighted by Crippen LogP contribution is 2.35. The summed E-state index contributed by atoms with van der Waals surface area (Å²) in [7, 11) is 3.92. The first-order valence-electron chi connectivity index (χ1n) is 7.33. The van der Waals surface area contributed by atoms with E-state index < -0.39 is 0 Å². The Morgan fingerprint density at radius 3 is 2.81 bits per heavy atom. The van der Waals surface area contributed by atoms with Crippen LogP contribution in [-0.4, -0.2) is 37.0 Å². The quantitative estimate of drug-likeness (QED) is 0.906. The molecule has 114 valence electrons. The van der Waals surface area contributed by atoms with E-state index in [1.807, 2.05) is 30.4 Å². The van der Waals surface area contributed by atoms with Gasteiger partial charge in [-0.1, -0.05) is 12.8 Å². The van der Waals surface area contributed by atoms with Crippen LogP contribution in [0.5, 0.6) is 0 Å². The fourth-order valence-electron chi connectivity index (χ4n) is 2.91. The van der Waals surface area contributed by atoms with E-state index in [-0.39, 0.29) is 0 Å². The SMILES string of the molecule is CNCc1c(C)nn(C)c1Sc1nnnn1C1CCCC1. The summed E-state index contributed by atoms with van der Waals surface area (Å²) >= 11 is 1.61. The van der Waals surface area contributed by atoms with Gasteiger partial charge < -0.3 is 5.32 Å². The van der Waals surface area contributed by atoms with Crippen molar-refractivity contribution in [3.05, 3.63) is 11.3 Å². The van der Waals surface area contributed by atoms with Crippen molar-refractivity contribution in [1.29, 1.82) is 0 Å². The van der Waals surface area contributed by atoms with Crippen molar-refractivity contribution >= 4 is 11.8 Å². The van der Waals surface area contributed by atoms with Gasteiger partial charge in [-0.3, -0.25) is 4.68 Å². The standard InChI is InChI=1S/C13H21N7S/c1-9-11(8-14-2)12(19(3)16-9)21-13-15-17-18-20(13)10-6-4-5-7-10/h10,14H,4-8H2,1-3H3. The normalized spacial score (nSPS) is 16.0. The number of aryl methyl sites for hydroxylation is 2. The number of rotatable bonds is 5. The second-order valence-corrected chi connectivity index (χ2v) is 6.43. The maximum atomic E-state index is 4.52. The second-order valence-electron chi connectivity index (χ2n) is 5.47. The molecule has 2 heterocycles. The molecule has 7 nitrogen and oxygen atoms in total.